The number of nitrogens with one attached hydrogen (secondary N) is 2. The lowest BCUT2D eigenvalue weighted by atomic mass is 9.69. The summed E-state index contributed by atoms with van der Waals surface area (Å²) in [6.45, 7) is 3.50. The molecule has 1 saturated carbocycles. The summed E-state index contributed by atoms with van der Waals surface area (Å²) in [6, 6.07) is -0.281. The van der Waals surface area contributed by atoms with Crippen molar-refractivity contribution in [3.63, 3.8) is 0 Å². The summed E-state index contributed by atoms with van der Waals surface area (Å²) >= 11 is 0. The Balaban J connectivity index is 1.79. The Hall–Kier alpha value is -1.30. The Kier molecular flexibility index (Phi) is 3.99. The van der Waals surface area contributed by atoms with E-state index in [2.05, 4.69) is 10.6 Å². The molecule has 0 aromatic heterocycles. The van der Waals surface area contributed by atoms with E-state index in [4.69, 9.17) is 4.74 Å². The molecule has 0 unspecified atom stereocenters. The first kappa shape index (κ1) is 14.1. The molecule has 0 aromatic carbocycles. The predicted octanol–water partition coefficient (Wildman–Crippen LogP) is 1.11. The van der Waals surface area contributed by atoms with Gasteiger partial charge in [0.2, 0.25) is 0 Å². The minimum Gasteiger partial charge on any atom is -0.481 e. The maximum Gasteiger partial charge on any atom is 0.315 e. The zero-order valence-electron chi connectivity index (χ0n) is 11.3. The van der Waals surface area contributed by atoms with E-state index < -0.39 is 11.4 Å². The van der Waals surface area contributed by atoms with Crippen LogP contribution in [0.5, 0.6) is 0 Å². The molecule has 6 nitrogen and oxygen atoms in total. The van der Waals surface area contributed by atoms with Crippen LogP contribution in [0, 0.1) is 5.41 Å². The van der Waals surface area contributed by atoms with Crippen LogP contribution in [0.1, 0.15) is 39.0 Å². The number of rotatable bonds is 4. The topological polar surface area (TPSA) is 87.7 Å². The molecule has 1 aliphatic heterocycles. The third-order valence-corrected chi connectivity index (χ3v) is 4.36. The summed E-state index contributed by atoms with van der Waals surface area (Å²) in [5.41, 5.74) is -0.994. The average Bonchev–Trinajstić information content (AvgIpc) is 2.27. The number of hydrogen-bond donors (Lipinski definition) is 3. The molecule has 108 valence electrons. The maximum absolute atomic E-state index is 11.9. The SMILES string of the molecule is CC1(NC(=O)NCC2(C(=O)O)CCC2)CCOCC1. The molecule has 3 N–H and O–H groups in total. The third-order valence-electron chi connectivity index (χ3n) is 4.36. The lowest BCUT2D eigenvalue weighted by molar-refractivity contribution is -0.153. The molecule has 2 rings (SSSR count). The highest BCUT2D eigenvalue weighted by molar-refractivity contribution is 5.79. The van der Waals surface area contributed by atoms with Crippen LogP contribution in [0.2, 0.25) is 0 Å². The number of urea groups is 1. The summed E-state index contributed by atoms with van der Waals surface area (Å²) in [7, 11) is 0. The van der Waals surface area contributed by atoms with Crippen LogP contribution in [0.4, 0.5) is 4.79 Å². The summed E-state index contributed by atoms with van der Waals surface area (Å²) < 4.78 is 5.27. The van der Waals surface area contributed by atoms with E-state index in [9.17, 15) is 14.7 Å². The van der Waals surface area contributed by atoms with Gasteiger partial charge in [-0.25, -0.2) is 4.79 Å². The Morgan fingerprint density at radius 2 is 1.84 bits per heavy atom. The van der Waals surface area contributed by atoms with Gasteiger partial charge >= 0.3 is 12.0 Å². The molecule has 2 aliphatic rings. The highest BCUT2D eigenvalue weighted by Gasteiger charge is 2.44. The summed E-state index contributed by atoms with van der Waals surface area (Å²) in [5.74, 6) is -0.809. The molecule has 6 heteroatoms. The third kappa shape index (κ3) is 3.18. The van der Waals surface area contributed by atoms with Gasteiger partial charge in [-0.3, -0.25) is 4.79 Å². The van der Waals surface area contributed by atoms with Crippen LogP contribution < -0.4 is 10.6 Å². The van der Waals surface area contributed by atoms with E-state index in [1.165, 1.54) is 0 Å². The van der Waals surface area contributed by atoms with Crippen LogP contribution in [-0.2, 0) is 9.53 Å². The van der Waals surface area contributed by atoms with Gasteiger partial charge in [0.05, 0.1) is 5.41 Å². The molecular weight excluding hydrogens is 248 g/mol. The Labute approximate surface area is 112 Å². The number of carbonyl (C=O) groups is 2. The molecule has 0 aromatic rings. The zero-order chi connectivity index (χ0) is 13.9. The van der Waals surface area contributed by atoms with Gasteiger partial charge in [-0.15, -0.1) is 0 Å². The Bertz CT molecular complexity index is 360. The van der Waals surface area contributed by atoms with Crippen LogP contribution in [0.3, 0.4) is 0 Å². The predicted molar refractivity (Wildman–Crippen MR) is 68.9 cm³/mol. The number of carboxylic acid groups (broad SMARTS) is 1. The van der Waals surface area contributed by atoms with Crippen molar-refractivity contribution in [3.8, 4) is 0 Å². The second-order valence-corrected chi connectivity index (χ2v) is 5.92. The van der Waals surface area contributed by atoms with Crippen LogP contribution in [-0.4, -0.2) is 42.4 Å². The fraction of sp³-hybridized carbons (Fsp3) is 0.846. The zero-order valence-corrected chi connectivity index (χ0v) is 11.3. The minimum absolute atomic E-state index is 0.209. The van der Waals surface area contributed by atoms with E-state index in [-0.39, 0.29) is 18.1 Å². The Morgan fingerprint density at radius 1 is 1.21 bits per heavy atom. The van der Waals surface area contributed by atoms with Gasteiger partial charge < -0.3 is 20.5 Å². The van der Waals surface area contributed by atoms with Gasteiger partial charge in [0.25, 0.3) is 0 Å². The van der Waals surface area contributed by atoms with Crippen molar-refractivity contribution >= 4 is 12.0 Å². The van der Waals surface area contributed by atoms with Gasteiger partial charge in [-0.2, -0.15) is 0 Å². The summed E-state index contributed by atoms with van der Waals surface area (Å²) in [5, 5.41) is 14.8. The molecular formula is C13H22N2O4. The quantitative estimate of drug-likeness (QED) is 0.714. The van der Waals surface area contributed by atoms with Crippen LogP contribution in [0.15, 0.2) is 0 Å². The van der Waals surface area contributed by atoms with Crippen molar-refractivity contribution in [3.05, 3.63) is 0 Å². The molecule has 2 fully saturated rings. The van der Waals surface area contributed by atoms with Crippen molar-refractivity contribution in [1.82, 2.24) is 10.6 Å². The molecule has 0 bridgehead atoms. The van der Waals surface area contributed by atoms with E-state index in [1.807, 2.05) is 6.92 Å². The molecule has 0 atom stereocenters. The highest BCUT2D eigenvalue weighted by atomic mass is 16.5. The Morgan fingerprint density at radius 3 is 2.32 bits per heavy atom. The number of hydrogen-bond acceptors (Lipinski definition) is 3. The van der Waals surface area contributed by atoms with E-state index >= 15 is 0 Å². The fourth-order valence-corrected chi connectivity index (χ4v) is 2.58. The van der Waals surface area contributed by atoms with Gasteiger partial charge in [0.15, 0.2) is 0 Å². The lowest BCUT2D eigenvalue weighted by Gasteiger charge is -2.38. The fourth-order valence-electron chi connectivity index (χ4n) is 2.58. The molecule has 0 spiro atoms. The number of ether oxygens (including phenoxy) is 1. The number of carbonyl (C=O) groups excluding carboxylic acids is 1. The van der Waals surface area contributed by atoms with Crippen molar-refractivity contribution in [1.29, 1.82) is 0 Å². The first-order chi connectivity index (χ1) is 8.96. The first-order valence-electron chi connectivity index (χ1n) is 6.83. The maximum atomic E-state index is 11.9. The van der Waals surface area contributed by atoms with Crippen LogP contribution in [0.25, 0.3) is 0 Å². The average molecular weight is 270 g/mol. The van der Waals surface area contributed by atoms with E-state index in [1.54, 1.807) is 0 Å². The largest absolute Gasteiger partial charge is 0.481 e. The number of carboxylic acids is 1. The monoisotopic (exact) mass is 270 g/mol. The van der Waals surface area contributed by atoms with Crippen molar-refractivity contribution in [2.75, 3.05) is 19.8 Å². The van der Waals surface area contributed by atoms with Crippen molar-refractivity contribution in [2.45, 2.75) is 44.6 Å². The van der Waals surface area contributed by atoms with Gasteiger partial charge in [0, 0.05) is 25.3 Å². The summed E-state index contributed by atoms with van der Waals surface area (Å²) in [6.07, 6.45) is 3.78. The van der Waals surface area contributed by atoms with Gasteiger partial charge in [-0.05, 0) is 32.6 Å². The molecule has 1 saturated heterocycles. The molecule has 1 aliphatic carbocycles. The smallest absolute Gasteiger partial charge is 0.315 e. The van der Waals surface area contributed by atoms with Crippen LogP contribution >= 0.6 is 0 Å². The first-order valence-corrected chi connectivity index (χ1v) is 6.83. The lowest BCUT2D eigenvalue weighted by Crippen LogP contribution is -2.56. The number of amides is 2. The molecule has 19 heavy (non-hydrogen) atoms. The second-order valence-electron chi connectivity index (χ2n) is 5.92. The second kappa shape index (κ2) is 5.36. The molecule has 2 amide bonds. The van der Waals surface area contributed by atoms with Crippen molar-refractivity contribution in [2.24, 2.45) is 5.41 Å². The normalized spacial score (nSPS) is 24.1. The minimum atomic E-state index is -0.809. The molecule has 0 radical (unpaired) electrons. The summed E-state index contributed by atoms with van der Waals surface area (Å²) in [4.78, 5) is 23.1. The standard InChI is InChI=1S/C13H22N2O4/c1-12(5-7-19-8-6-12)15-11(18)14-9-13(10(16)17)3-2-4-13/h2-9H2,1H3,(H,16,17)(H2,14,15,18). The van der Waals surface area contributed by atoms with Gasteiger partial charge in [0.1, 0.15) is 0 Å². The molecule has 1 heterocycles. The van der Waals surface area contributed by atoms with Crippen molar-refractivity contribution < 1.29 is 19.4 Å². The van der Waals surface area contributed by atoms with E-state index in [0.29, 0.717) is 26.1 Å². The van der Waals surface area contributed by atoms with Gasteiger partial charge in [-0.1, -0.05) is 6.42 Å². The highest BCUT2D eigenvalue weighted by Crippen LogP contribution is 2.40. The number of aliphatic carboxylic acids is 1. The van der Waals surface area contributed by atoms with E-state index in [0.717, 1.165) is 19.3 Å².